The lowest BCUT2D eigenvalue weighted by atomic mass is 9.76. The molecule has 2 heterocycles. The van der Waals surface area contributed by atoms with Gasteiger partial charge in [-0.05, 0) is 38.8 Å². The zero-order valence-electron chi connectivity index (χ0n) is 10.3. The number of phenols is 1. The van der Waals surface area contributed by atoms with E-state index in [2.05, 4.69) is 13.8 Å². The molecular weight excluding hydrogens is 216 g/mol. The maximum atomic E-state index is 9.53. The molecule has 0 aromatic heterocycles. The molecule has 92 valence electrons. The average molecular weight is 234 g/mol. The molecule has 3 nitrogen and oxygen atoms in total. The van der Waals surface area contributed by atoms with Crippen LogP contribution in [0.3, 0.4) is 0 Å². The van der Waals surface area contributed by atoms with Gasteiger partial charge in [-0.3, -0.25) is 0 Å². The Morgan fingerprint density at radius 1 is 1.35 bits per heavy atom. The highest BCUT2D eigenvalue weighted by molar-refractivity contribution is 5.44. The quantitative estimate of drug-likeness (QED) is 0.750. The molecule has 1 aromatic rings. The predicted molar refractivity (Wildman–Crippen MR) is 64.2 cm³/mol. The minimum atomic E-state index is -0.230. The summed E-state index contributed by atoms with van der Waals surface area (Å²) in [5.41, 5.74) is 0.845. The number of benzene rings is 1. The van der Waals surface area contributed by atoms with Crippen LogP contribution >= 0.6 is 0 Å². The van der Waals surface area contributed by atoms with Crippen LogP contribution in [0.5, 0.6) is 11.5 Å². The number of phenolic OH excluding ortho intramolecular Hbond substituents is 1. The highest BCUT2D eigenvalue weighted by Crippen LogP contribution is 2.49. The molecule has 17 heavy (non-hydrogen) atoms. The lowest BCUT2D eigenvalue weighted by molar-refractivity contribution is -0.116. The first kappa shape index (κ1) is 10.9. The Hall–Kier alpha value is -1.22. The molecule has 2 aliphatic rings. The van der Waals surface area contributed by atoms with E-state index in [1.54, 1.807) is 12.1 Å². The normalized spacial score (nSPS) is 30.0. The Morgan fingerprint density at radius 3 is 3.00 bits per heavy atom. The van der Waals surface area contributed by atoms with Crippen LogP contribution in [-0.4, -0.2) is 17.3 Å². The maximum Gasteiger partial charge on any atom is 0.129 e. The first-order valence-electron chi connectivity index (χ1n) is 6.21. The van der Waals surface area contributed by atoms with Crippen LogP contribution in [0.25, 0.3) is 0 Å². The number of aromatic hydroxyl groups is 1. The van der Waals surface area contributed by atoms with Crippen molar-refractivity contribution in [2.45, 2.75) is 38.4 Å². The van der Waals surface area contributed by atoms with Gasteiger partial charge in [-0.2, -0.15) is 0 Å². The van der Waals surface area contributed by atoms with Gasteiger partial charge in [0.15, 0.2) is 0 Å². The summed E-state index contributed by atoms with van der Waals surface area (Å²) in [6.45, 7) is 5.02. The van der Waals surface area contributed by atoms with Crippen LogP contribution in [0, 0.1) is 5.92 Å². The molecule has 0 spiro atoms. The molecule has 0 saturated carbocycles. The summed E-state index contributed by atoms with van der Waals surface area (Å²) >= 11 is 0. The van der Waals surface area contributed by atoms with E-state index in [0.29, 0.717) is 5.92 Å². The number of fused-ring (bicyclic) bond motifs is 3. The monoisotopic (exact) mass is 234 g/mol. The molecule has 0 aliphatic carbocycles. The SMILES string of the molecule is CC1(C)Oc2cc(O)ccc2C2OCCCC21. The summed E-state index contributed by atoms with van der Waals surface area (Å²) in [7, 11) is 0. The second-order valence-electron chi connectivity index (χ2n) is 5.47. The van der Waals surface area contributed by atoms with Crippen molar-refractivity contribution in [3.05, 3.63) is 23.8 Å². The summed E-state index contributed by atoms with van der Waals surface area (Å²) in [5.74, 6) is 1.40. The third kappa shape index (κ3) is 1.69. The van der Waals surface area contributed by atoms with E-state index in [1.807, 2.05) is 6.07 Å². The predicted octanol–water partition coefficient (Wildman–Crippen LogP) is 3.03. The largest absolute Gasteiger partial charge is 0.508 e. The van der Waals surface area contributed by atoms with Crippen molar-refractivity contribution < 1.29 is 14.6 Å². The molecule has 3 rings (SSSR count). The molecule has 3 heteroatoms. The molecule has 0 bridgehead atoms. The maximum absolute atomic E-state index is 9.53. The van der Waals surface area contributed by atoms with Gasteiger partial charge in [0.25, 0.3) is 0 Å². The molecule has 1 N–H and O–H groups in total. The van der Waals surface area contributed by atoms with Crippen molar-refractivity contribution in [3.63, 3.8) is 0 Å². The highest BCUT2D eigenvalue weighted by Gasteiger charge is 2.45. The average Bonchev–Trinajstić information content (AvgIpc) is 2.28. The zero-order valence-corrected chi connectivity index (χ0v) is 10.3. The first-order chi connectivity index (χ1) is 8.08. The van der Waals surface area contributed by atoms with Crippen molar-refractivity contribution in [1.29, 1.82) is 0 Å². The lowest BCUT2D eigenvalue weighted by Gasteiger charge is -2.46. The second kappa shape index (κ2) is 3.64. The fraction of sp³-hybridized carbons (Fsp3) is 0.571. The second-order valence-corrected chi connectivity index (χ2v) is 5.47. The molecule has 0 radical (unpaired) electrons. The minimum absolute atomic E-state index is 0.114. The number of rotatable bonds is 0. The van der Waals surface area contributed by atoms with E-state index in [0.717, 1.165) is 30.8 Å². The van der Waals surface area contributed by atoms with Gasteiger partial charge >= 0.3 is 0 Å². The van der Waals surface area contributed by atoms with Gasteiger partial charge in [-0.1, -0.05) is 0 Å². The number of hydrogen-bond donors (Lipinski definition) is 1. The summed E-state index contributed by atoms with van der Waals surface area (Å²) in [6.07, 6.45) is 2.35. The minimum Gasteiger partial charge on any atom is -0.508 e. The Labute approximate surface area is 101 Å². The van der Waals surface area contributed by atoms with Crippen LogP contribution in [0.1, 0.15) is 38.4 Å². The first-order valence-corrected chi connectivity index (χ1v) is 6.21. The van der Waals surface area contributed by atoms with Crippen molar-refractivity contribution >= 4 is 0 Å². The van der Waals surface area contributed by atoms with E-state index in [4.69, 9.17) is 9.47 Å². The van der Waals surface area contributed by atoms with Crippen LogP contribution in [0.15, 0.2) is 18.2 Å². The third-order valence-electron chi connectivity index (χ3n) is 3.89. The van der Waals surface area contributed by atoms with Gasteiger partial charge < -0.3 is 14.6 Å². The van der Waals surface area contributed by atoms with E-state index in [9.17, 15) is 5.11 Å². The molecular formula is C14H18O3. The smallest absolute Gasteiger partial charge is 0.129 e. The summed E-state index contributed by atoms with van der Waals surface area (Å²) in [6, 6.07) is 5.31. The molecule has 1 fully saturated rings. The zero-order chi connectivity index (χ0) is 12.0. The van der Waals surface area contributed by atoms with Gasteiger partial charge in [-0.15, -0.1) is 0 Å². The number of ether oxygens (including phenoxy) is 2. The summed E-state index contributed by atoms with van der Waals surface area (Å²) < 4.78 is 12.0. The Bertz CT molecular complexity index is 439. The third-order valence-corrected chi connectivity index (χ3v) is 3.89. The molecule has 1 aromatic carbocycles. The molecule has 2 unspecified atom stereocenters. The van der Waals surface area contributed by atoms with Gasteiger partial charge in [0.05, 0.1) is 6.10 Å². The fourth-order valence-corrected chi connectivity index (χ4v) is 3.01. The summed E-state index contributed by atoms with van der Waals surface area (Å²) in [4.78, 5) is 0. The molecule has 1 saturated heterocycles. The molecule has 2 atom stereocenters. The lowest BCUT2D eigenvalue weighted by Crippen LogP contribution is -2.46. The summed E-state index contributed by atoms with van der Waals surface area (Å²) in [5, 5.41) is 9.53. The van der Waals surface area contributed by atoms with Gasteiger partial charge in [0.1, 0.15) is 17.1 Å². The van der Waals surface area contributed by atoms with E-state index in [1.165, 1.54) is 0 Å². The van der Waals surface area contributed by atoms with Crippen LogP contribution in [0.4, 0.5) is 0 Å². The van der Waals surface area contributed by atoms with Gasteiger partial charge in [0.2, 0.25) is 0 Å². The van der Waals surface area contributed by atoms with E-state index >= 15 is 0 Å². The standard InChI is InChI=1S/C14H18O3/c1-14(2)11-4-3-7-16-13(11)10-6-5-9(15)8-12(10)17-14/h5-6,8,11,13,15H,3-4,7H2,1-2H3. The van der Waals surface area contributed by atoms with Crippen molar-refractivity contribution in [2.75, 3.05) is 6.61 Å². The van der Waals surface area contributed by atoms with Crippen molar-refractivity contribution in [2.24, 2.45) is 5.92 Å². The van der Waals surface area contributed by atoms with Crippen molar-refractivity contribution in [1.82, 2.24) is 0 Å². The van der Waals surface area contributed by atoms with Crippen molar-refractivity contribution in [3.8, 4) is 11.5 Å². The van der Waals surface area contributed by atoms with Crippen LogP contribution in [-0.2, 0) is 4.74 Å². The Balaban J connectivity index is 2.08. The Morgan fingerprint density at radius 2 is 2.18 bits per heavy atom. The number of hydrogen-bond acceptors (Lipinski definition) is 3. The van der Waals surface area contributed by atoms with E-state index < -0.39 is 0 Å². The molecule has 2 aliphatic heterocycles. The highest BCUT2D eigenvalue weighted by atomic mass is 16.5. The Kier molecular flexibility index (Phi) is 2.33. The van der Waals surface area contributed by atoms with E-state index in [-0.39, 0.29) is 17.5 Å². The van der Waals surface area contributed by atoms with Gasteiger partial charge in [-0.25, -0.2) is 0 Å². The van der Waals surface area contributed by atoms with Crippen LogP contribution < -0.4 is 4.74 Å². The fourth-order valence-electron chi connectivity index (χ4n) is 3.01. The topological polar surface area (TPSA) is 38.7 Å². The van der Waals surface area contributed by atoms with Crippen LogP contribution in [0.2, 0.25) is 0 Å². The van der Waals surface area contributed by atoms with Gasteiger partial charge in [0, 0.05) is 24.2 Å². The molecule has 0 amide bonds.